The molecule has 4 aliphatic rings. The van der Waals surface area contributed by atoms with Crippen LogP contribution in [0.4, 0.5) is 19.3 Å². The maximum atomic E-state index is 13.7. The van der Waals surface area contributed by atoms with Gasteiger partial charge in [-0.3, -0.25) is 19.8 Å². The highest BCUT2D eigenvalue weighted by atomic mass is 35.5. The van der Waals surface area contributed by atoms with Gasteiger partial charge in [-0.15, -0.1) is 0 Å². The summed E-state index contributed by atoms with van der Waals surface area (Å²) in [5.74, 6) is 0.0267. The Balaban J connectivity index is 1.10. The number of nitrogens with zero attached hydrogens (tertiary/aromatic N) is 4. The lowest BCUT2D eigenvalue weighted by Gasteiger charge is -2.44. The topological polar surface area (TPSA) is 103 Å². The molecular formula is C39H38Cl2F2N4O6. The molecule has 0 N–H and O–H groups in total. The van der Waals surface area contributed by atoms with Crippen LogP contribution >= 0.6 is 23.2 Å². The van der Waals surface area contributed by atoms with E-state index in [0.717, 1.165) is 50.9 Å². The van der Waals surface area contributed by atoms with E-state index in [1.165, 1.54) is 30.6 Å². The first-order valence-electron chi connectivity index (χ1n) is 17.6. The second-order valence-electron chi connectivity index (χ2n) is 13.6. The monoisotopic (exact) mass is 766 g/mol. The highest BCUT2D eigenvalue weighted by Gasteiger charge is 2.37. The molecule has 2 bridgehead atoms. The summed E-state index contributed by atoms with van der Waals surface area (Å²) in [5, 5.41) is 0.548. The molecule has 0 unspecified atom stereocenters. The lowest BCUT2D eigenvalue weighted by atomic mass is 9.86. The number of hydrogen-bond donors (Lipinski definition) is 0. The van der Waals surface area contributed by atoms with Gasteiger partial charge >= 0.3 is 18.7 Å². The number of fused-ring (bicyclic) bond motifs is 3. The third-order valence-corrected chi connectivity index (χ3v) is 10.5. The van der Waals surface area contributed by atoms with Gasteiger partial charge in [0.25, 0.3) is 0 Å². The Morgan fingerprint density at radius 1 is 0.925 bits per heavy atom. The number of alkyl halides is 2. The van der Waals surface area contributed by atoms with Crippen molar-refractivity contribution in [3.63, 3.8) is 0 Å². The zero-order valence-electron chi connectivity index (χ0n) is 28.7. The highest BCUT2D eigenvalue weighted by molar-refractivity contribution is 6.35. The number of carbonyl (C=O) groups excluding carboxylic acids is 2. The van der Waals surface area contributed by atoms with E-state index in [0.29, 0.717) is 35.3 Å². The minimum atomic E-state index is -3.05. The molecule has 2 aromatic heterocycles. The van der Waals surface area contributed by atoms with Crippen LogP contribution in [0.3, 0.4) is 0 Å². The van der Waals surface area contributed by atoms with Crippen LogP contribution in [0.25, 0.3) is 0 Å². The van der Waals surface area contributed by atoms with E-state index < -0.39 is 24.8 Å². The SMILES string of the molecule is O=C(O[C@@H](Cc1c(Cl)cncc1Cl)c1ccc(OC(F)F)c(OCC2CC2)c1)c1ccc(CN(C(=O)O[C@H]2CN3CCC2CC3)c2cccnc2)cc1. The molecule has 1 aliphatic carbocycles. The van der Waals surface area contributed by atoms with Crippen LogP contribution < -0.4 is 14.4 Å². The summed E-state index contributed by atoms with van der Waals surface area (Å²) in [4.78, 5) is 39.4. The fourth-order valence-corrected chi connectivity index (χ4v) is 7.23. The molecule has 2 atom stereocenters. The number of halogens is 4. The fourth-order valence-electron chi connectivity index (χ4n) is 6.71. The Morgan fingerprint density at radius 2 is 1.68 bits per heavy atom. The van der Waals surface area contributed by atoms with E-state index >= 15 is 0 Å². The minimum absolute atomic E-state index is 0.0585. The molecule has 1 amide bonds. The number of aromatic nitrogens is 2. The molecule has 14 heteroatoms. The zero-order chi connectivity index (χ0) is 36.9. The van der Waals surface area contributed by atoms with Gasteiger partial charge in [0.2, 0.25) is 0 Å². The van der Waals surface area contributed by atoms with Gasteiger partial charge in [-0.2, -0.15) is 8.78 Å². The fraction of sp³-hybridized carbons (Fsp3) is 0.385. The van der Waals surface area contributed by atoms with Crippen molar-refractivity contribution in [3.8, 4) is 11.5 Å². The van der Waals surface area contributed by atoms with Gasteiger partial charge in [-0.05, 0) is 104 Å². The molecule has 0 spiro atoms. The molecule has 8 rings (SSSR count). The smallest absolute Gasteiger partial charge is 0.414 e. The number of piperidine rings is 3. The summed E-state index contributed by atoms with van der Waals surface area (Å²) in [5.41, 5.74) is 2.53. The van der Waals surface area contributed by atoms with E-state index in [1.54, 1.807) is 53.7 Å². The zero-order valence-corrected chi connectivity index (χ0v) is 30.2. The number of esters is 1. The minimum Gasteiger partial charge on any atom is -0.489 e. The molecule has 4 fully saturated rings. The van der Waals surface area contributed by atoms with Crippen molar-refractivity contribution >= 4 is 41.0 Å². The number of pyridine rings is 2. The van der Waals surface area contributed by atoms with Crippen molar-refractivity contribution in [2.45, 2.75) is 57.5 Å². The normalized spacial score (nSPS) is 19.8. The maximum absolute atomic E-state index is 13.7. The van der Waals surface area contributed by atoms with E-state index in [-0.39, 0.29) is 46.2 Å². The third-order valence-electron chi connectivity index (χ3n) is 9.87. The van der Waals surface area contributed by atoms with E-state index in [9.17, 15) is 18.4 Å². The van der Waals surface area contributed by atoms with Gasteiger partial charge < -0.3 is 18.9 Å². The molecular weight excluding hydrogens is 729 g/mol. The van der Waals surface area contributed by atoms with Crippen LogP contribution in [0.2, 0.25) is 10.0 Å². The first-order chi connectivity index (χ1) is 25.7. The number of benzene rings is 2. The number of anilines is 1. The summed E-state index contributed by atoms with van der Waals surface area (Å²) < 4.78 is 49.2. The molecule has 2 aromatic carbocycles. The van der Waals surface area contributed by atoms with Crippen LogP contribution in [-0.2, 0) is 22.4 Å². The average molecular weight is 768 g/mol. The number of carbonyl (C=O) groups is 2. The Hall–Kier alpha value is -4.52. The molecule has 4 aromatic rings. The molecule has 10 nitrogen and oxygen atoms in total. The van der Waals surface area contributed by atoms with Gasteiger partial charge in [0.15, 0.2) is 11.5 Å². The Bertz CT molecular complexity index is 1870. The van der Waals surface area contributed by atoms with Gasteiger partial charge in [-0.25, -0.2) is 9.59 Å². The average Bonchev–Trinajstić information content (AvgIpc) is 4.00. The maximum Gasteiger partial charge on any atom is 0.414 e. The lowest BCUT2D eigenvalue weighted by molar-refractivity contribution is -0.0515. The number of rotatable bonds is 14. The predicted octanol–water partition coefficient (Wildman–Crippen LogP) is 8.55. The van der Waals surface area contributed by atoms with Crippen LogP contribution in [-0.4, -0.2) is 65.9 Å². The number of amides is 1. The molecule has 3 saturated heterocycles. The van der Waals surface area contributed by atoms with Crippen molar-refractivity contribution in [2.24, 2.45) is 11.8 Å². The summed E-state index contributed by atoms with van der Waals surface area (Å²) in [7, 11) is 0. The van der Waals surface area contributed by atoms with Gasteiger partial charge in [0.05, 0.1) is 40.6 Å². The molecule has 0 radical (unpaired) electrons. The first-order valence-corrected chi connectivity index (χ1v) is 18.4. The van der Waals surface area contributed by atoms with Crippen LogP contribution in [0.15, 0.2) is 79.4 Å². The van der Waals surface area contributed by atoms with E-state index in [2.05, 4.69) is 14.9 Å². The number of ether oxygens (including phenoxy) is 4. The van der Waals surface area contributed by atoms with Crippen molar-refractivity contribution in [2.75, 3.05) is 31.1 Å². The molecule has 3 aliphatic heterocycles. The van der Waals surface area contributed by atoms with Crippen LogP contribution in [0, 0.1) is 11.8 Å². The second-order valence-corrected chi connectivity index (χ2v) is 14.4. The van der Waals surface area contributed by atoms with Crippen LogP contribution in [0.5, 0.6) is 11.5 Å². The Labute approximate surface area is 315 Å². The second kappa shape index (κ2) is 16.7. The van der Waals surface area contributed by atoms with Crippen LogP contribution in [0.1, 0.15) is 58.8 Å². The molecule has 53 heavy (non-hydrogen) atoms. The summed E-state index contributed by atoms with van der Waals surface area (Å²) in [6.07, 6.45) is 8.62. The summed E-state index contributed by atoms with van der Waals surface area (Å²) in [6, 6.07) is 14.7. The third kappa shape index (κ3) is 9.35. The van der Waals surface area contributed by atoms with Crippen molar-refractivity contribution in [3.05, 3.63) is 112 Å². The Kier molecular flexibility index (Phi) is 11.6. The molecule has 278 valence electrons. The summed E-state index contributed by atoms with van der Waals surface area (Å²) >= 11 is 12.9. The van der Waals surface area contributed by atoms with Gasteiger partial charge in [-0.1, -0.05) is 41.4 Å². The van der Waals surface area contributed by atoms with Crippen molar-refractivity contribution in [1.29, 1.82) is 0 Å². The van der Waals surface area contributed by atoms with E-state index in [1.807, 2.05) is 0 Å². The predicted molar refractivity (Wildman–Crippen MR) is 194 cm³/mol. The molecule has 5 heterocycles. The lowest BCUT2D eigenvalue weighted by Crippen LogP contribution is -2.53. The standard InChI is InChI=1S/C39H38Cl2F2N4O6/c40-31-19-45-20-32(41)30(31)17-34(28-9-10-33(52-38(42)43)35(16-28)50-23-25-3-4-25)51-37(48)27-7-5-24(6-8-27)21-47(29-2-1-13-44-18-29)39(49)53-36-22-46-14-11-26(36)12-15-46/h1-2,5-10,13,16,18-20,25-26,34,36,38H,3-4,11-12,14-15,17,21-23H2/t34-,36-/m0/s1. The van der Waals surface area contributed by atoms with Gasteiger partial charge in [0.1, 0.15) is 12.2 Å². The first kappa shape index (κ1) is 36.8. The van der Waals surface area contributed by atoms with Gasteiger partial charge in [0, 0.05) is 31.6 Å². The quantitative estimate of drug-likeness (QED) is 0.117. The highest BCUT2D eigenvalue weighted by Crippen LogP contribution is 2.38. The van der Waals surface area contributed by atoms with E-state index in [4.69, 9.17) is 42.1 Å². The van der Waals surface area contributed by atoms with Crippen molar-refractivity contribution < 1.29 is 37.3 Å². The van der Waals surface area contributed by atoms with Crippen molar-refractivity contribution in [1.82, 2.24) is 14.9 Å². The molecule has 1 saturated carbocycles. The largest absolute Gasteiger partial charge is 0.489 e. The number of hydrogen-bond acceptors (Lipinski definition) is 9. The summed E-state index contributed by atoms with van der Waals surface area (Å²) in [6.45, 7) is 0.268. The Morgan fingerprint density at radius 3 is 2.32 bits per heavy atom.